The van der Waals surface area contributed by atoms with E-state index in [9.17, 15) is 0 Å². The van der Waals surface area contributed by atoms with E-state index < -0.39 is 0 Å². The summed E-state index contributed by atoms with van der Waals surface area (Å²) in [6.07, 6.45) is 8.87. The van der Waals surface area contributed by atoms with E-state index in [0.29, 0.717) is 0 Å². The predicted octanol–water partition coefficient (Wildman–Crippen LogP) is 1.19. The average Bonchev–Trinajstić information content (AvgIpc) is 1.62. The first-order valence-corrected chi connectivity index (χ1v) is 2.73. The van der Waals surface area contributed by atoms with Gasteiger partial charge >= 0.3 is 49.2 Å². The molecule has 0 saturated heterocycles. The van der Waals surface area contributed by atoms with E-state index in [1.165, 1.54) is 0 Å². The van der Waals surface area contributed by atoms with Gasteiger partial charge < -0.3 is 0 Å². The van der Waals surface area contributed by atoms with Crippen LogP contribution >= 0.6 is 0 Å². The Morgan fingerprint density at radius 2 is 2.38 bits per heavy atom. The molecule has 0 spiro atoms. The minimum atomic E-state index is 1.00. The van der Waals surface area contributed by atoms with E-state index in [1.807, 2.05) is 30.3 Å². The second kappa shape index (κ2) is 3.23. The van der Waals surface area contributed by atoms with Crippen molar-refractivity contribution in [2.45, 2.75) is 6.32 Å². The Morgan fingerprint density at radius 3 is 3.38 bits per heavy atom. The molecule has 0 aromatic heterocycles. The quantitative estimate of drug-likeness (QED) is 0.318. The fourth-order valence-electron chi connectivity index (χ4n) is 0.537. The summed E-state index contributed by atoms with van der Waals surface area (Å²) < 4.78 is 0. The summed E-state index contributed by atoms with van der Waals surface area (Å²) in [4.78, 5) is 0. The van der Waals surface area contributed by atoms with Gasteiger partial charge in [0.1, 0.15) is 0 Å². The van der Waals surface area contributed by atoms with Crippen LogP contribution in [0.25, 0.3) is 0 Å². The van der Waals surface area contributed by atoms with Gasteiger partial charge in [0, 0.05) is 0 Å². The van der Waals surface area contributed by atoms with E-state index in [1.54, 1.807) is 0 Å². The molecule has 0 bridgehead atoms. The Morgan fingerprint density at radius 1 is 1.38 bits per heavy atom. The summed E-state index contributed by atoms with van der Waals surface area (Å²) in [6, 6.07) is 0. The Bertz CT molecular complexity index is 169. The van der Waals surface area contributed by atoms with E-state index in [4.69, 9.17) is 0 Å². The zero-order valence-corrected chi connectivity index (χ0v) is 4.67. The van der Waals surface area contributed by atoms with E-state index in [0.717, 1.165) is 6.32 Å². The van der Waals surface area contributed by atoms with Gasteiger partial charge in [0.25, 0.3) is 0 Å². The standard InChI is InChI=1S/C7H7B/c1-2-4-6-8-7-5-3-1/h1-2,4-6H,7H2. The molecule has 1 heteroatoms. The van der Waals surface area contributed by atoms with Crippen molar-refractivity contribution in [3.63, 3.8) is 0 Å². The molecule has 0 aromatic carbocycles. The molecule has 0 atom stereocenters. The van der Waals surface area contributed by atoms with Gasteiger partial charge in [0.15, 0.2) is 0 Å². The van der Waals surface area contributed by atoms with Crippen molar-refractivity contribution < 1.29 is 0 Å². The third kappa shape index (κ3) is 1.77. The molecule has 1 aliphatic heterocycles. The van der Waals surface area contributed by atoms with Crippen molar-refractivity contribution in [2.75, 3.05) is 0 Å². The van der Waals surface area contributed by atoms with E-state index >= 15 is 0 Å². The van der Waals surface area contributed by atoms with Crippen LogP contribution in [0.4, 0.5) is 0 Å². The Kier molecular flexibility index (Phi) is 2.15. The molecule has 1 heterocycles. The zero-order chi connectivity index (χ0) is 5.66. The summed E-state index contributed by atoms with van der Waals surface area (Å²) in [5.74, 6) is 2.04. The summed E-state index contributed by atoms with van der Waals surface area (Å²) in [7, 11) is 0. The van der Waals surface area contributed by atoms with Crippen molar-refractivity contribution in [1.29, 1.82) is 0 Å². The van der Waals surface area contributed by atoms with Crippen LogP contribution in [0.5, 0.6) is 0 Å². The molecule has 0 amide bonds. The van der Waals surface area contributed by atoms with Crippen LogP contribution < -0.4 is 0 Å². The first kappa shape index (κ1) is 5.33. The summed E-state index contributed by atoms with van der Waals surface area (Å²) in [5, 5.41) is 0. The third-order valence-corrected chi connectivity index (χ3v) is 0.923. The Balaban J connectivity index is 2.70. The van der Waals surface area contributed by atoms with Crippen molar-refractivity contribution in [1.82, 2.24) is 0 Å². The topological polar surface area (TPSA) is 0 Å². The molecule has 8 heavy (non-hydrogen) atoms. The molecule has 0 N–H and O–H groups in total. The van der Waals surface area contributed by atoms with Gasteiger partial charge in [-0.2, -0.15) is 0 Å². The minimum absolute atomic E-state index is 1.00. The molecular weight excluding hydrogens is 94.9 g/mol. The maximum atomic E-state index is 3.00. The van der Waals surface area contributed by atoms with Gasteiger partial charge in [-0.1, -0.05) is 0 Å². The van der Waals surface area contributed by atoms with Crippen LogP contribution in [0, 0.1) is 0 Å². The van der Waals surface area contributed by atoms with Crippen LogP contribution in [-0.4, -0.2) is 12.9 Å². The zero-order valence-electron chi connectivity index (χ0n) is 4.67. The van der Waals surface area contributed by atoms with Crippen LogP contribution in [0.15, 0.2) is 30.0 Å². The van der Waals surface area contributed by atoms with Crippen LogP contribution in [0.1, 0.15) is 0 Å². The van der Waals surface area contributed by atoms with Crippen molar-refractivity contribution in [3.8, 4) is 0 Å². The molecular formula is C7H7B. The molecule has 0 nitrogen and oxygen atoms in total. The van der Waals surface area contributed by atoms with Crippen molar-refractivity contribution in [3.05, 3.63) is 30.0 Å². The van der Waals surface area contributed by atoms with Gasteiger partial charge in [0.05, 0.1) is 0 Å². The number of allylic oxidation sites excluding steroid dienone is 3. The van der Waals surface area contributed by atoms with Gasteiger partial charge in [-0.3, -0.25) is 0 Å². The number of hydrogen-bond acceptors (Lipinski definition) is 0. The Hall–Kier alpha value is -0.805. The Labute approximate surface area is 50.1 Å². The molecule has 0 unspecified atom stereocenters. The van der Waals surface area contributed by atoms with Crippen LogP contribution in [-0.2, 0) is 0 Å². The van der Waals surface area contributed by atoms with Crippen LogP contribution in [0.3, 0.4) is 0 Å². The summed E-state index contributed by atoms with van der Waals surface area (Å²) in [6.45, 7) is 2.09. The van der Waals surface area contributed by atoms with Gasteiger partial charge in [-0.15, -0.1) is 0 Å². The second-order valence-corrected chi connectivity index (χ2v) is 1.59. The second-order valence-electron chi connectivity index (χ2n) is 1.59. The maximum absolute atomic E-state index is 3.00. The van der Waals surface area contributed by atoms with E-state index in [-0.39, 0.29) is 0 Å². The first-order chi connectivity index (χ1) is 4.00. The monoisotopic (exact) mass is 102 g/mol. The molecule has 0 aromatic rings. The van der Waals surface area contributed by atoms with E-state index in [2.05, 4.69) is 12.7 Å². The predicted molar refractivity (Wildman–Crippen MR) is 38.4 cm³/mol. The molecule has 0 aliphatic carbocycles. The molecule has 1 aliphatic rings. The SMILES string of the molecule is B1=CC=CC=C=CC1. The normalized spacial score (nSPS) is 15.0. The van der Waals surface area contributed by atoms with Gasteiger partial charge in [-0.25, -0.2) is 0 Å². The fourth-order valence-corrected chi connectivity index (χ4v) is 0.537. The van der Waals surface area contributed by atoms with Crippen LogP contribution in [0.2, 0.25) is 6.32 Å². The molecule has 0 radical (unpaired) electrons. The first-order valence-electron chi connectivity index (χ1n) is 2.73. The number of rotatable bonds is 0. The average molecular weight is 102 g/mol. The summed E-state index contributed by atoms with van der Waals surface area (Å²) in [5.41, 5.74) is 3.00. The van der Waals surface area contributed by atoms with Crippen molar-refractivity contribution >= 4 is 12.9 Å². The number of hydrogen-bond donors (Lipinski definition) is 0. The molecule has 0 saturated carbocycles. The molecule has 1 rings (SSSR count). The molecule has 38 valence electrons. The van der Waals surface area contributed by atoms with Crippen molar-refractivity contribution in [2.24, 2.45) is 0 Å². The third-order valence-electron chi connectivity index (χ3n) is 0.923. The van der Waals surface area contributed by atoms with Gasteiger partial charge in [0.2, 0.25) is 0 Å². The summed E-state index contributed by atoms with van der Waals surface area (Å²) >= 11 is 0. The molecule has 0 fully saturated rings. The fraction of sp³-hybridized carbons (Fsp3) is 0.143. The van der Waals surface area contributed by atoms with Gasteiger partial charge in [-0.05, 0) is 0 Å².